The SMILES string of the molecule is COc1ccc(-c2ccnc3c2c(C)nn3CC(=O)Nc2cc(C)n(Cc3ccc(Cl)c(Cl)c3)n2)cc1. The number of nitrogens with one attached hydrogen (secondary N) is 1. The van der Waals surface area contributed by atoms with Gasteiger partial charge in [-0.05, 0) is 60.9 Å². The molecule has 0 spiro atoms. The highest BCUT2D eigenvalue weighted by Crippen LogP contribution is 2.31. The van der Waals surface area contributed by atoms with Crippen LogP contribution >= 0.6 is 23.2 Å². The Morgan fingerprint density at radius 1 is 0.973 bits per heavy atom. The monoisotopic (exact) mass is 534 g/mol. The van der Waals surface area contributed by atoms with Gasteiger partial charge in [-0.1, -0.05) is 41.4 Å². The van der Waals surface area contributed by atoms with Gasteiger partial charge in [-0.15, -0.1) is 0 Å². The van der Waals surface area contributed by atoms with E-state index in [0.717, 1.165) is 39.2 Å². The van der Waals surface area contributed by atoms with Crippen LogP contribution in [-0.2, 0) is 17.9 Å². The van der Waals surface area contributed by atoms with Crippen LogP contribution in [0.3, 0.4) is 0 Å². The number of anilines is 1. The van der Waals surface area contributed by atoms with Gasteiger partial charge in [0.25, 0.3) is 0 Å². The van der Waals surface area contributed by atoms with E-state index in [2.05, 4.69) is 20.5 Å². The van der Waals surface area contributed by atoms with Gasteiger partial charge in [-0.3, -0.25) is 9.48 Å². The molecule has 5 rings (SSSR count). The standard InChI is InChI=1S/C27H24Cl2N6O2/c1-16-12-24(33-34(16)14-18-4-9-22(28)23(29)13-18)31-25(36)15-35-27-26(17(2)32-35)21(10-11-30-27)19-5-7-20(37-3)8-6-19/h4-13H,14-15H2,1-3H3,(H,31,33,36). The van der Waals surface area contributed by atoms with Crippen molar-refractivity contribution in [2.75, 3.05) is 12.4 Å². The molecule has 10 heteroatoms. The van der Waals surface area contributed by atoms with Gasteiger partial charge < -0.3 is 10.1 Å². The fraction of sp³-hybridized carbons (Fsp3) is 0.185. The predicted molar refractivity (Wildman–Crippen MR) is 145 cm³/mol. The summed E-state index contributed by atoms with van der Waals surface area (Å²) in [5.74, 6) is 0.996. The average Bonchev–Trinajstić information content (AvgIpc) is 3.39. The molecule has 0 aliphatic rings. The highest BCUT2D eigenvalue weighted by atomic mass is 35.5. The summed E-state index contributed by atoms with van der Waals surface area (Å²) in [6.45, 7) is 4.34. The number of carbonyl (C=O) groups is 1. The number of hydrogen-bond acceptors (Lipinski definition) is 5. The topological polar surface area (TPSA) is 86.9 Å². The van der Waals surface area contributed by atoms with E-state index < -0.39 is 0 Å². The molecule has 0 fully saturated rings. The first-order chi connectivity index (χ1) is 17.8. The van der Waals surface area contributed by atoms with Gasteiger partial charge in [-0.2, -0.15) is 10.2 Å². The molecular formula is C27H24Cl2N6O2. The molecule has 3 heterocycles. The minimum atomic E-state index is -0.250. The van der Waals surface area contributed by atoms with Gasteiger partial charge >= 0.3 is 0 Å². The molecule has 0 unspecified atom stereocenters. The molecule has 3 aromatic heterocycles. The Hall–Kier alpha value is -3.88. The van der Waals surface area contributed by atoms with E-state index in [1.807, 2.05) is 62.4 Å². The number of aromatic nitrogens is 5. The normalized spacial score (nSPS) is 11.2. The Kier molecular flexibility index (Phi) is 6.86. The summed E-state index contributed by atoms with van der Waals surface area (Å²) >= 11 is 12.1. The van der Waals surface area contributed by atoms with Crippen LogP contribution < -0.4 is 10.1 Å². The number of amides is 1. The number of halogens is 2. The first-order valence-corrected chi connectivity index (χ1v) is 12.3. The summed E-state index contributed by atoms with van der Waals surface area (Å²) in [4.78, 5) is 17.4. The van der Waals surface area contributed by atoms with Gasteiger partial charge in [0.1, 0.15) is 12.3 Å². The first kappa shape index (κ1) is 24.8. The van der Waals surface area contributed by atoms with Crippen LogP contribution in [0.15, 0.2) is 60.8 Å². The number of nitrogens with zero attached hydrogens (tertiary/aromatic N) is 5. The lowest BCUT2D eigenvalue weighted by Crippen LogP contribution is -2.20. The van der Waals surface area contributed by atoms with E-state index in [4.69, 9.17) is 27.9 Å². The molecule has 5 aromatic rings. The van der Waals surface area contributed by atoms with Crippen molar-refractivity contribution in [2.45, 2.75) is 26.9 Å². The zero-order valence-corrected chi connectivity index (χ0v) is 22.0. The molecule has 2 aromatic carbocycles. The zero-order valence-electron chi connectivity index (χ0n) is 20.5. The maximum atomic E-state index is 12.9. The van der Waals surface area contributed by atoms with Crippen LogP contribution in [0.25, 0.3) is 22.2 Å². The fourth-order valence-electron chi connectivity index (χ4n) is 4.26. The summed E-state index contributed by atoms with van der Waals surface area (Å²) in [6.07, 6.45) is 1.73. The lowest BCUT2D eigenvalue weighted by atomic mass is 10.0. The molecular weight excluding hydrogens is 511 g/mol. The molecule has 1 N–H and O–H groups in total. The van der Waals surface area contributed by atoms with Crippen LogP contribution in [0.5, 0.6) is 5.75 Å². The molecule has 0 aliphatic heterocycles. The molecule has 0 saturated carbocycles. The van der Waals surface area contributed by atoms with Crippen LogP contribution in [0.4, 0.5) is 5.82 Å². The molecule has 0 aliphatic carbocycles. The van der Waals surface area contributed by atoms with Crippen molar-refractivity contribution < 1.29 is 9.53 Å². The lowest BCUT2D eigenvalue weighted by Gasteiger charge is -2.07. The lowest BCUT2D eigenvalue weighted by molar-refractivity contribution is -0.116. The van der Waals surface area contributed by atoms with Crippen LogP contribution in [-0.4, -0.2) is 37.6 Å². The maximum Gasteiger partial charge on any atom is 0.247 e. The maximum absolute atomic E-state index is 12.9. The summed E-state index contributed by atoms with van der Waals surface area (Å²) in [7, 11) is 1.64. The van der Waals surface area contributed by atoms with E-state index in [0.29, 0.717) is 28.1 Å². The quantitative estimate of drug-likeness (QED) is 0.280. The predicted octanol–water partition coefficient (Wildman–Crippen LogP) is 5.91. The van der Waals surface area contributed by atoms with Crippen molar-refractivity contribution in [3.05, 3.63) is 87.8 Å². The summed E-state index contributed by atoms with van der Waals surface area (Å²) < 4.78 is 8.68. The van der Waals surface area contributed by atoms with Crippen LogP contribution in [0.1, 0.15) is 17.0 Å². The third kappa shape index (κ3) is 5.16. The smallest absolute Gasteiger partial charge is 0.247 e. The molecule has 0 atom stereocenters. The van der Waals surface area contributed by atoms with Gasteiger partial charge in [0, 0.05) is 23.3 Å². The summed E-state index contributed by atoms with van der Waals surface area (Å²) in [5, 5.41) is 13.9. The van der Waals surface area contributed by atoms with E-state index in [1.54, 1.807) is 28.7 Å². The van der Waals surface area contributed by atoms with Gasteiger partial charge in [0.15, 0.2) is 11.5 Å². The van der Waals surface area contributed by atoms with Gasteiger partial charge in [0.05, 0.1) is 29.4 Å². The number of pyridine rings is 1. The first-order valence-electron chi connectivity index (χ1n) is 11.6. The Morgan fingerprint density at radius 3 is 2.49 bits per heavy atom. The van der Waals surface area contributed by atoms with Crippen LogP contribution in [0.2, 0.25) is 10.0 Å². The number of aryl methyl sites for hydroxylation is 2. The fourth-order valence-corrected chi connectivity index (χ4v) is 4.58. The Morgan fingerprint density at radius 2 is 1.76 bits per heavy atom. The molecule has 0 radical (unpaired) electrons. The molecule has 0 bridgehead atoms. The number of methoxy groups -OCH3 is 1. The molecule has 37 heavy (non-hydrogen) atoms. The van der Waals surface area contributed by atoms with Gasteiger partial charge in [-0.25, -0.2) is 9.67 Å². The van der Waals surface area contributed by atoms with Crippen molar-refractivity contribution in [2.24, 2.45) is 0 Å². The number of carbonyl (C=O) groups excluding carboxylic acids is 1. The minimum Gasteiger partial charge on any atom is -0.497 e. The summed E-state index contributed by atoms with van der Waals surface area (Å²) in [5.41, 5.74) is 5.30. The number of rotatable bonds is 7. The Labute approximate surface area is 223 Å². The van der Waals surface area contributed by atoms with Gasteiger partial charge in [0.2, 0.25) is 5.91 Å². The van der Waals surface area contributed by atoms with Crippen molar-refractivity contribution in [1.82, 2.24) is 24.5 Å². The molecule has 8 nitrogen and oxygen atoms in total. The highest BCUT2D eigenvalue weighted by molar-refractivity contribution is 6.42. The van der Waals surface area contributed by atoms with Crippen molar-refractivity contribution in [1.29, 1.82) is 0 Å². The average molecular weight is 535 g/mol. The number of benzene rings is 2. The van der Waals surface area contributed by atoms with Crippen molar-refractivity contribution >= 4 is 46.0 Å². The highest BCUT2D eigenvalue weighted by Gasteiger charge is 2.17. The second-order valence-electron chi connectivity index (χ2n) is 8.65. The van der Waals surface area contributed by atoms with E-state index in [1.165, 1.54) is 0 Å². The number of hydrogen-bond donors (Lipinski definition) is 1. The van der Waals surface area contributed by atoms with Crippen LogP contribution in [0, 0.1) is 13.8 Å². The molecule has 188 valence electrons. The Balaban J connectivity index is 1.34. The largest absolute Gasteiger partial charge is 0.497 e. The summed E-state index contributed by atoms with van der Waals surface area (Å²) in [6, 6.07) is 17.0. The second-order valence-corrected chi connectivity index (χ2v) is 9.47. The number of fused-ring (bicyclic) bond motifs is 1. The zero-order chi connectivity index (χ0) is 26.1. The third-order valence-electron chi connectivity index (χ3n) is 6.07. The number of ether oxygens (including phenoxy) is 1. The van der Waals surface area contributed by atoms with Crippen molar-refractivity contribution in [3.8, 4) is 16.9 Å². The van der Waals surface area contributed by atoms with E-state index in [9.17, 15) is 4.79 Å². The van der Waals surface area contributed by atoms with Crippen molar-refractivity contribution in [3.63, 3.8) is 0 Å². The van der Waals surface area contributed by atoms with E-state index in [-0.39, 0.29) is 12.5 Å². The minimum absolute atomic E-state index is 0.00209. The van der Waals surface area contributed by atoms with E-state index >= 15 is 0 Å². The molecule has 1 amide bonds. The third-order valence-corrected chi connectivity index (χ3v) is 6.81. The second kappa shape index (κ2) is 10.2. The Bertz CT molecular complexity index is 1610. The molecule has 0 saturated heterocycles.